The van der Waals surface area contributed by atoms with Crippen LogP contribution in [0.2, 0.25) is 0 Å². The zero-order valence-electron chi connectivity index (χ0n) is 16.2. The van der Waals surface area contributed by atoms with Crippen molar-refractivity contribution in [2.75, 3.05) is 6.67 Å². The SMILES string of the molecule is CCc1ccc(Cc2csc3ccc([C@@H]4O[C@H](CF)[C@@H](O)[C@H](O)[C@H]4O)cc23)cc1. The summed E-state index contributed by atoms with van der Waals surface area (Å²) in [5.74, 6) is 0. The Hall–Kier alpha value is -1.83. The summed E-state index contributed by atoms with van der Waals surface area (Å²) in [7, 11) is 0. The molecule has 0 bridgehead atoms. The summed E-state index contributed by atoms with van der Waals surface area (Å²) in [6.07, 6.45) is -4.48. The molecule has 29 heavy (non-hydrogen) atoms. The molecular formula is C23H25FO4S. The Balaban J connectivity index is 1.64. The third kappa shape index (κ3) is 3.96. The first-order chi connectivity index (χ1) is 14.0. The van der Waals surface area contributed by atoms with E-state index in [1.54, 1.807) is 11.3 Å². The summed E-state index contributed by atoms with van der Waals surface area (Å²) in [6, 6.07) is 14.3. The average molecular weight is 417 g/mol. The van der Waals surface area contributed by atoms with Crippen LogP contribution in [0.4, 0.5) is 4.39 Å². The molecule has 0 radical (unpaired) electrons. The molecule has 0 unspecified atom stereocenters. The summed E-state index contributed by atoms with van der Waals surface area (Å²) in [6.45, 7) is 1.20. The second-order valence-electron chi connectivity index (χ2n) is 7.58. The minimum atomic E-state index is -1.45. The van der Waals surface area contributed by atoms with Gasteiger partial charge in [-0.1, -0.05) is 37.3 Å². The Morgan fingerprint density at radius 3 is 2.38 bits per heavy atom. The van der Waals surface area contributed by atoms with E-state index in [1.165, 1.54) is 16.7 Å². The zero-order chi connectivity index (χ0) is 20.5. The summed E-state index contributed by atoms with van der Waals surface area (Å²) in [5.41, 5.74) is 4.36. The molecule has 2 heterocycles. The quantitative estimate of drug-likeness (QED) is 0.595. The Kier molecular flexibility index (Phi) is 5.99. The maximum absolute atomic E-state index is 13.2. The topological polar surface area (TPSA) is 69.9 Å². The van der Waals surface area contributed by atoms with Crippen LogP contribution in [0, 0.1) is 0 Å². The van der Waals surface area contributed by atoms with Gasteiger partial charge in [0.15, 0.2) is 0 Å². The number of rotatable bonds is 5. The van der Waals surface area contributed by atoms with Crippen LogP contribution in [-0.2, 0) is 17.6 Å². The van der Waals surface area contributed by atoms with Crippen molar-refractivity contribution in [3.63, 3.8) is 0 Å². The zero-order valence-corrected chi connectivity index (χ0v) is 17.0. The molecule has 1 fully saturated rings. The molecule has 4 rings (SSSR count). The van der Waals surface area contributed by atoms with Gasteiger partial charge in [0.1, 0.15) is 37.2 Å². The molecule has 6 heteroatoms. The van der Waals surface area contributed by atoms with Crippen molar-refractivity contribution in [1.29, 1.82) is 0 Å². The first-order valence-corrected chi connectivity index (χ1v) is 10.7. The largest absolute Gasteiger partial charge is 0.387 e. The van der Waals surface area contributed by atoms with Crippen molar-refractivity contribution < 1.29 is 24.4 Å². The number of ether oxygens (including phenoxy) is 1. The molecule has 1 aliphatic rings. The normalized spacial score (nSPS) is 27.4. The third-order valence-electron chi connectivity index (χ3n) is 5.70. The highest BCUT2D eigenvalue weighted by atomic mass is 32.1. The van der Waals surface area contributed by atoms with Crippen LogP contribution < -0.4 is 0 Å². The van der Waals surface area contributed by atoms with Gasteiger partial charge in [0.2, 0.25) is 0 Å². The van der Waals surface area contributed by atoms with E-state index < -0.39 is 37.2 Å². The number of aliphatic hydroxyl groups excluding tert-OH is 3. The second kappa shape index (κ2) is 8.50. The maximum atomic E-state index is 13.2. The number of hydrogen-bond donors (Lipinski definition) is 3. The molecule has 0 amide bonds. The molecule has 3 N–H and O–H groups in total. The van der Waals surface area contributed by atoms with Crippen LogP contribution in [-0.4, -0.2) is 46.4 Å². The minimum absolute atomic E-state index is 0.662. The van der Waals surface area contributed by atoms with E-state index in [1.807, 2.05) is 18.2 Å². The average Bonchev–Trinajstić information content (AvgIpc) is 3.15. The van der Waals surface area contributed by atoms with Crippen LogP contribution in [0.3, 0.4) is 0 Å². The van der Waals surface area contributed by atoms with Crippen molar-refractivity contribution in [3.05, 3.63) is 70.1 Å². The molecule has 1 saturated heterocycles. The van der Waals surface area contributed by atoms with Gasteiger partial charge in [0.25, 0.3) is 0 Å². The van der Waals surface area contributed by atoms with Gasteiger partial charge in [-0.25, -0.2) is 4.39 Å². The number of halogens is 1. The molecule has 3 aromatic rings. The van der Waals surface area contributed by atoms with Gasteiger partial charge in [0.05, 0.1) is 0 Å². The number of hydrogen-bond acceptors (Lipinski definition) is 5. The highest BCUT2D eigenvalue weighted by Crippen LogP contribution is 2.36. The standard InChI is InChI=1S/C23H25FO4S/c1-2-13-3-5-14(6-4-13)9-16-12-29-19-8-7-15(10-17(16)19)23-22(27)21(26)20(25)18(11-24)28-23/h3-8,10,12,18,20-23,25-27H,2,9,11H2,1H3/t18-,20-,21+,22-,23+/m1/s1. The fraction of sp³-hybridized carbons (Fsp3) is 0.391. The molecule has 0 saturated carbocycles. The molecule has 2 aromatic carbocycles. The van der Waals surface area contributed by atoms with E-state index in [0.29, 0.717) is 5.56 Å². The lowest BCUT2D eigenvalue weighted by Crippen LogP contribution is -2.54. The number of aryl methyl sites for hydroxylation is 1. The van der Waals surface area contributed by atoms with Gasteiger partial charge in [-0.15, -0.1) is 11.3 Å². The number of benzene rings is 2. The van der Waals surface area contributed by atoms with Gasteiger partial charge < -0.3 is 20.1 Å². The predicted octanol–water partition coefficient (Wildman–Crippen LogP) is 3.55. The molecule has 5 atom stereocenters. The minimum Gasteiger partial charge on any atom is -0.387 e. The van der Waals surface area contributed by atoms with Crippen LogP contribution in [0.5, 0.6) is 0 Å². The first-order valence-electron chi connectivity index (χ1n) is 9.85. The van der Waals surface area contributed by atoms with E-state index in [2.05, 4.69) is 36.6 Å². The van der Waals surface area contributed by atoms with E-state index in [0.717, 1.165) is 22.9 Å². The van der Waals surface area contributed by atoms with Crippen LogP contribution >= 0.6 is 11.3 Å². The number of fused-ring (bicyclic) bond motifs is 1. The Morgan fingerprint density at radius 1 is 0.966 bits per heavy atom. The summed E-state index contributed by atoms with van der Waals surface area (Å²) >= 11 is 1.65. The van der Waals surface area contributed by atoms with Gasteiger partial charge in [0, 0.05) is 4.70 Å². The van der Waals surface area contributed by atoms with Crippen molar-refractivity contribution in [2.45, 2.75) is 50.3 Å². The summed E-state index contributed by atoms with van der Waals surface area (Å²) in [4.78, 5) is 0. The molecule has 1 aliphatic heterocycles. The Labute approximate surface area is 173 Å². The van der Waals surface area contributed by atoms with E-state index in [4.69, 9.17) is 4.74 Å². The van der Waals surface area contributed by atoms with Crippen LogP contribution in [0.15, 0.2) is 47.8 Å². The monoisotopic (exact) mass is 416 g/mol. The van der Waals surface area contributed by atoms with E-state index in [-0.39, 0.29) is 0 Å². The van der Waals surface area contributed by atoms with Gasteiger partial charge >= 0.3 is 0 Å². The fourth-order valence-corrected chi connectivity index (χ4v) is 4.82. The third-order valence-corrected chi connectivity index (χ3v) is 6.71. The van der Waals surface area contributed by atoms with Gasteiger partial charge in [-0.2, -0.15) is 0 Å². The van der Waals surface area contributed by atoms with E-state index in [9.17, 15) is 19.7 Å². The smallest absolute Gasteiger partial charge is 0.118 e. The predicted molar refractivity (Wildman–Crippen MR) is 112 cm³/mol. The molecule has 4 nitrogen and oxygen atoms in total. The van der Waals surface area contributed by atoms with Crippen LogP contribution in [0.1, 0.15) is 35.3 Å². The van der Waals surface area contributed by atoms with Crippen molar-refractivity contribution in [2.24, 2.45) is 0 Å². The molecular weight excluding hydrogens is 391 g/mol. The fourth-order valence-electron chi connectivity index (χ4n) is 3.88. The molecule has 0 aliphatic carbocycles. The van der Waals surface area contributed by atoms with Gasteiger partial charge in [-0.3, -0.25) is 0 Å². The number of thiophene rings is 1. The highest BCUT2D eigenvalue weighted by molar-refractivity contribution is 7.17. The van der Waals surface area contributed by atoms with Crippen molar-refractivity contribution >= 4 is 21.4 Å². The second-order valence-corrected chi connectivity index (χ2v) is 8.50. The molecule has 0 spiro atoms. The lowest BCUT2D eigenvalue weighted by atomic mass is 9.90. The Bertz CT molecular complexity index is 969. The van der Waals surface area contributed by atoms with Crippen molar-refractivity contribution in [1.82, 2.24) is 0 Å². The lowest BCUT2D eigenvalue weighted by Gasteiger charge is -2.40. The van der Waals surface area contributed by atoms with E-state index >= 15 is 0 Å². The highest BCUT2D eigenvalue weighted by Gasteiger charge is 2.44. The lowest BCUT2D eigenvalue weighted by molar-refractivity contribution is -0.227. The summed E-state index contributed by atoms with van der Waals surface area (Å²) in [5, 5.41) is 33.6. The van der Waals surface area contributed by atoms with Crippen molar-refractivity contribution in [3.8, 4) is 0 Å². The maximum Gasteiger partial charge on any atom is 0.118 e. The van der Waals surface area contributed by atoms with Crippen LogP contribution in [0.25, 0.3) is 10.1 Å². The number of aliphatic hydroxyl groups is 3. The molecule has 154 valence electrons. The number of alkyl halides is 1. The van der Waals surface area contributed by atoms with Gasteiger partial charge in [-0.05, 0) is 58.0 Å². The Morgan fingerprint density at radius 2 is 1.69 bits per heavy atom. The first kappa shape index (κ1) is 20.4. The summed E-state index contributed by atoms with van der Waals surface area (Å²) < 4.78 is 19.9. The molecule has 1 aromatic heterocycles.